The second-order valence-corrected chi connectivity index (χ2v) is 9.30. The molecule has 0 aliphatic heterocycles. The molecule has 3 rings (SSSR count). The van der Waals surface area contributed by atoms with Crippen LogP contribution in [-0.4, -0.2) is 10.7 Å². The molecule has 0 radical (unpaired) electrons. The van der Waals surface area contributed by atoms with Crippen molar-refractivity contribution in [2.24, 2.45) is 29.1 Å². The summed E-state index contributed by atoms with van der Waals surface area (Å²) in [6.45, 7) is 6.99. The number of halogens is 1. The maximum atomic E-state index is 10.2. The molecule has 2 heteroatoms. The lowest BCUT2D eigenvalue weighted by Gasteiger charge is -2.44. The Bertz CT molecular complexity index is 478. The van der Waals surface area contributed by atoms with Gasteiger partial charge in [0.15, 0.2) is 0 Å². The smallest absolute Gasteiger partial charge is 0.0805 e. The van der Waals surface area contributed by atoms with E-state index in [1.807, 2.05) is 13.0 Å². The number of hydrogen-bond acceptors (Lipinski definition) is 1. The minimum Gasteiger partial charge on any atom is -0.386 e. The largest absolute Gasteiger partial charge is 0.386 e. The highest BCUT2D eigenvalue weighted by molar-refractivity contribution is 14.1. The Morgan fingerprint density at radius 3 is 2.82 bits per heavy atom. The summed E-state index contributed by atoms with van der Waals surface area (Å²) in [5, 5.41) is 10.2. The Morgan fingerprint density at radius 2 is 2.18 bits per heavy atom. The zero-order valence-corrected chi connectivity index (χ0v) is 16.5. The normalized spacial score (nSPS) is 47.9. The van der Waals surface area contributed by atoms with Crippen molar-refractivity contribution in [2.45, 2.75) is 71.3 Å². The Morgan fingerprint density at radius 1 is 1.41 bits per heavy atom. The van der Waals surface area contributed by atoms with Crippen LogP contribution in [0.4, 0.5) is 0 Å². The molecule has 0 aromatic carbocycles. The van der Waals surface area contributed by atoms with Crippen LogP contribution in [0.5, 0.6) is 0 Å². The summed E-state index contributed by atoms with van der Waals surface area (Å²) < 4.78 is 2.38. The third-order valence-corrected chi connectivity index (χ3v) is 7.74. The molecule has 3 aliphatic rings. The molecular formula is C20H31IO. The standard InChI is InChI=1S/C20H31IO/c1-14(11-15-8-10-19(2,22)12-15)17-6-7-18-16(13-21)5-4-9-20(17,18)3/h8,10,13-15,17-18,22H,4-7,9,11-12H2,1-3H3/t14-,15-,17-,18?,19+,20-/m1/s1. The lowest BCUT2D eigenvalue weighted by molar-refractivity contribution is 0.0756. The molecule has 1 unspecified atom stereocenters. The Hall–Kier alpha value is 0.170. The van der Waals surface area contributed by atoms with Gasteiger partial charge in [-0.15, -0.1) is 0 Å². The zero-order valence-electron chi connectivity index (χ0n) is 14.3. The van der Waals surface area contributed by atoms with Gasteiger partial charge in [-0.25, -0.2) is 0 Å². The van der Waals surface area contributed by atoms with Crippen LogP contribution in [0.2, 0.25) is 0 Å². The molecule has 1 N–H and O–H groups in total. The van der Waals surface area contributed by atoms with Crippen LogP contribution >= 0.6 is 22.6 Å². The Balaban J connectivity index is 1.69. The van der Waals surface area contributed by atoms with Gasteiger partial charge in [0.2, 0.25) is 0 Å². The first-order valence-electron chi connectivity index (χ1n) is 9.06. The van der Waals surface area contributed by atoms with Crippen LogP contribution in [0, 0.1) is 29.1 Å². The highest BCUT2D eigenvalue weighted by Crippen LogP contribution is 2.60. The van der Waals surface area contributed by atoms with Gasteiger partial charge in [-0.2, -0.15) is 0 Å². The summed E-state index contributed by atoms with van der Waals surface area (Å²) in [5.74, 6) is 3.05. The van der Waals surface area contributed by atoms with Crippen LogP contribution < -0.4 is 0 Å². The fraction of sp³-hybridized carbons (Fsp3) is 0.800. The number of aliphatic hydroxyl groups is 1. The maximum absolute atomic E-state index is 10.2. The predicted octanol–water partition coefficient (Wildman–Crippen LogP) is 5.88. The molecule has 2 saturated carbocycles. The van der Waals surface area contributed by atoms with E-state index in [4.69, 9.17) is 0 Å². The van der Waals surface area contributed by atoms with Gasteiger partial charge in [0.25, 0.3) is 0 Å². The van der Waals surface area contributed by atoms with Gasteiger partial charge in [-0.3, -0.25) is 0 Å². The van der Waals surface area contributed by atoms with Crippen molar-refractivity contribution < 1.29 is 5.11 Å². The summed E-state index contributed by atoms with van der Waals surface area (Å²) in [6, 6.07) is 0. The van der Waals surface area contributed by atoms with Crippen LogP contribution in [0.3, 0.4) is 0 Å². The number of rotatable bonds is 3. The third-order valence-electron chi connectivity index (χ3n) is 6.94. The van der Waals surface area contributed by atoms with Gasteiger partial charge < -0.3 is 5.11 Å². The Kier molecular flexibility index (Phi) is 4.82. The van der Waals surface area contributed by atoms with E-state index < -0.39 is 5.60 Å². The molecule has 2 fully saturated rings. The highest BCUT2D eigenvalue weighted by atomic mass is 127. The van der Waals surface area contributed by atoms with E-state index in [0.717, 1.165) is 24.2 Å². The first-order chi connectivity index (χ1) is 10.4. The SMILES string of the molecule is C[C@H](C[C@H]1C=C[C@](C)(O)C1)[C@H]1CCC2C(=CI)CCC[C@@]21C. The molecule has 0 bridgehead atoms. The van der Waals surface area contributed by atoms with Crippen molar-refractivity contribution in [1.82, 2.24) is 0 Å². The Labute approximate surface area is 149 Å². The molecular weight excluding hydrogens is 383 g/mol. The van der Waals surface area contributed by atoms with Gasteiger partial charge in [0.05, 0.1) is 5.60 Å². The minimum atomic E-state index is -0.561. The average Bonchev–Trinajstić information content (AvgIpc) is 2.97. The molecule has 22 heavy (non-hydrogen) atoms. The van der Waals surface area contributed by atoms with Crippen LogP contribution in [0.15, 0.2) is 21.8 Å². The molecule has 0 spiro atoms. The molecule has 1 nitrogen and oxygen atoms in total. The van der Waals surface area contributed by atoms with Crippen molar-refractivity contribution >= 4 is 22.6 Å². The summed E-state index contributed by atoms with van der Waals surface area (Å²) in [6.07, 6.45) is 13.4. The predicted molar refractivity (Wildman–Crippen MR) is 102 cm³/mol. The number of fused-ring (bicyclic) bond motifs is 1. The summed E-state index contributed by atoms with van der Waals surface area (Å²) in [4.78, 5) is 0. The quantitative estimate of drug-likeness (QED) is 0.452. The van der Waals surface area contributed by atoms with E-state index in [1.54, 1.807) is 5.57 Å². The molecule has 0 aromatic rings. The van der Waals surface area contributed by atoms with Gasteiger partial charge in [0, 0.05) is 0 Å². The van der Waals surface area contributed by atoms with Crippen molar-refractivity contribution in [3.8, 4) is 0 Å². The maximum Gasteiger partial charge on any atom is 0.0805 e. The fourth-order valence-corrected chi connectivity index (χ4v) is 6.70. The molecule has 0 heterocycles. The summed E-state index contributed by atoms with van der Waals surface area (Å²) >= 11 is 2.46. The van der Waals surface area contributed by atoms with Gasteiger partial charge in [0.1, 0.15) is 0 Å². The van der Waals surface area contributed by atoms with Gasteiger partial charge >= 0.3 is 0 Å². The summed E-state index contributed by atoms with van der Waals surface area (Å²) in [7, 11) is 0. The lowest BCUT2D eigenvalue weighted by Crippen LogP contribution is -2.36. The highest BCUT2D eigenvalue weighted by Gasteiger charge is 2.50. The van der Waals surface area contributed by atoms with E-state index in [2.05, 4.69) is 46.6 Å². The zero-order chi connectivity index (χ0) is 16.0. The average molecular weight is 414 g/mol. The second kappa shape index (κ2) is 6.23. The first-order valence-corrected chi connectivity index (χ1v) is 10.3. The number of hydrogen-bond donors (Lipinski definition) is 1. The number of allylic oxidation sites excluding steroid dienone is 2. The van der Waals surface area contributed by atoms with Crippen molar-refractivity contribution in [1.29, 1.82) is 0 Å². The van der Waals surface area contributed by atoms with E-state index in [-0.39, 0.29) is 0 Å². The van der Waals surface area contributed by atoms with Crippen LogP contribution in [0.1, 0.15) is 65.7 Å². The van der Waals surface area contributed by atoms with Gasteiger partial charge in [-0.05, 0) is 85.0 Å². The van der Waals surface area contributed by atoms with Gasteiger partial charge in [-0.1, -0.05) is 54.2 Å². The minimum absolute atomic E-state index is 0.527. The topological polar surface area (TPSA) is 20.2 Å². The third kappa shape index (κ3) is 3.07. The molecule has 124 valence electrons. The lowest BCUT2D eigenvalue weighted by atomic mass is 9.61. The van der Waals surface area contributed by atoms with Crippen molar-refractivity contribution in [3.05, 3.63) is 21.8 Å². The van der Waals surface area contributed by atoms with Crippen LogP contribution in [0.25, 0.3) is 0 Å². The second-order valence-electron chi connectivity index (χ2n) is 8.67. The van der Waals surface area contributed by atoms with E-state index in [9.17, 15) is 5.11 Å². The van der Waals surface area contributed by atoms with Crippen molar-refractivity contribution in [2.75, 3.05) is 0 Å². The van der Waals surface area contributed by atoms with Crippen LogP contribution in [-0.2, 0) is 0 Å². The molecule has 0 aromatic heterocycles. The van der Waals surface area contributed by atoms with Crippen molar-refractivity contribution in [3.63, 3.8) is 0 Å². The fourth-order valence-electron chi connectivity index (χ4n) is 5.96. The summed E-state index contributed by atoms with van der Waals surface area (Å²) in [5.41, 5.74) is 1.70. The van der Waals surface area contributed by atoms with E-state index >= 15 is 0 Å². The molecule has 3 aliphatic carbocycles. The molecule has 6 atom stereocenters. The van der Waals surface area contributed by atoms with E-state index in [1.165, 1.54) is 38.5 Å². The molecule has 0 amide bonds. The first kappa shape index (κ1) is 17.0. The van der Waals surface area contributed by atoms with E-state index in [0.29, 0.717) is 11.3 Å². The monoisotopic (exact) mass is 414 g/mol. The molecule has 0 saturated heterocycles.